The molecule has 108 valence electrons. The first-order chi connectivity index (χ1) is 9.28. The van der Waals surface area contributed by atoms with E-state index in [0.717, 1.165) is 11.1 Å². The van der Waals surface area contributed by atoms with Gasteiger partial charge in [0.05, 0.1) is 0 Å². The van der Waals surface area contributed by atoms with Crippen molar-refractivity contribution in [1.29, 1.82) is 0 Å². The van der Waals surface area contributed by atoms with Crippen LogP contribution in [-0.2, 0) is 9.59 Å². The molecule has 0 saturated heterocycles. The smallest absolute Gasteiger partial charge is 0.329 e. The number of hydrogen-bond donors (Lipinski definition) is 1. The fraction of sp³-hybridized carbons (Fsp3) is 0.375. The van der Waals surface area contributed by atoms with Crippen LogP contribution >= 0.6 is 0 Å². The highest BCUT2D eigenvalue weighted by molar-refractivity contribution is 5.95. The average molecular weight is 275 g/mol. The Hall–Kier alpha value is -2.10. The quantitative estimate of drug-likeness (QED) is 0.841. The van der Waals surface area contributed by atoms with Gasteiger partial charge in [0.2, 0.25) is 5.91 Å². The lowest BCUT2D eigenvalue weighted by atomic mass is 10.0. The number of aryl methyl sites for hydroxylation is 1. The third-order valence-electron chi connectivity index (χ3n) is 3.28. The molecule has 0 aliphatic carbocycles. The van der Waals surface area contributed by atoms with Gasteiger partial charge in [-0.1, -0.05) is 29.8 Å². The molecule has 1 amide bonds. The van der Waals surface area contributed by atoms with E-state index in [1.54, 1.807) is 13.0 Å². The fourth-order valence-electron chi connectivity index (χ4n) is 1.88. The molecule has 1 aromatic carbocycles. The lowest BCUT2D eigenvalue weighted by Gasteiger charge is -2.33. The molecule has 0 radical (unpaired) electrons. The van der Waals surface area contributed by atoms with Gasteiger partial charge in [-0.25, -0.2) is 4.79 Å². The van der Waals surface area contributed by atoms with Crippen molar-refractivity contribution in [3.63, 3.8) is 0 Å². The first kappa shape index (κ1) is 16.0. The van der Waals surface area contributed by atoms with Crippen LogP contribution in [0.4, 0.5) is 0 Å². The van der Waals surface area contributed by atoms with Gasteiger partial charge >= 0.3 is 5.97 Å². The summed E-state index contributed by atoms with van der Waals surface area (Å²) in [5.41, 5.74) is 0.840. The molecule has 1 N–H and O–H groups in total. The Kier molecular flexibility index (Phi) is 5.08. The molecular weight excluding hydrogens is 254 g/mol. The third-order valence-corrected chi connectivity index (χ3v) is 3.28. The van der Waals surface area contributed by atoms with Crippen LogP contribution in [0, 0.1) is 6.92 Å². The predicted octanol–water partition coefficient (Wildman–Crippen LogP) is 2.72. The Balaban J connectivity index is 2.88. The van der Waals surface area contributed by atoms with Crippen molar-refractivity contribution < 1.29 is 14.7 Å². The normalized spacial score (nSPS) is 11.6. The van der Waals surface area contributed by atoms with Crippen LogP contribution in [0.1, 0.15) is 31.9 Å². The molecule has 0 heterocycles. The van der Waals surface area contributed by atoms with Gasteiger partial charge in [0, 0.05) is 12.6 Å². The largest absolute Gasteiger partial charge is 0.480 e. The van der Waals surface area contributed by atoms with Gasteiger partial charge in [0.25, 0.3) is 0 Å². The summed E-state index contributed by atoms with van der Waals surface area (Å²) < 4.78 is 0. The predicted molar refractivity (Wildman–Crippen MR) is 79.3 cm³/mol. The first-order valence-corrected chi connectivity index (χ1v) is 6.58. The van der Waals surface area contributed by atoms with Crippen LogP contribution in [0.5, 0.6) is 0 Å². The molecule has 1 aromatic rings. The standard InChI is InChI=1S/C16H21NO3/c1-5-17(16(3,4)15(19)20)14(18)11-10-13-8-6-12(2)7-9-13/h6-11H,5H2,1-4H3,(H,19,20). The van der Waals surface area contributed by atoms with Gasteiger partial charge in [-0.3, -0.25) is 4.79 Å². The van der Waals surface area contributed by atoms with Gasteiger partial charge in [-0.15, -0.1) is 0 Å². The Bertz CT molecular complexity index is 515. The van der Waals surface area contributed by atoms with E-state index in [1.807, 2.05) is 31.2 Å². The van der Waals surface area contributed by atoms with E-state index in [2.05, 4.69) is 0 Å². The summed E-state index contributed by atoms with van der Waals surface area (Å²) in [6.07, 6.45) is 3.11. The van der Waals surface area contributed by atoms with Gasteiger partial charge in [-0.2, -0.15) is 0 Å². The van der Waals surface area contributed by atoms with Crippen LogP contribution in [-0.4, -0.2) is 34.0 Å². The number of nitrogens with zero attached hydrogens (tertiary/aromatic N) is 1. The number of hydrogen-bond acceptors (Lipinski definition) is 2. The van der Waals surface area contributed by atoms with E-state index in [4.69, 9.17) is 0 Å². The summed E-state index contributed by atoms with van der Waals surface area (Å²) in [5, 5.41) is 9.19. The van der Waals surface area contributed by atoms with Crippen LogP contribution in [0.3, 0.4) is 0 Å². The minimum atomic E-state index is -1.22. The van der Waals surface area contributed by atoms with E-state index < -0.39 is 11.5 Å². The molecule has 0 bridgehead atoms. The second kappa shape index (κ2) is 6.37. The molecule has 0 saturated carbocycles. The number of benzene rings is 1. The van der Waals surface area contributed by atoms with E-state index in [-0.39, 0.29) is 5.91 Å². The highest BCUT2D eigenvalue weighted by Gasteiger charge is 2.35. The maximum atomic E-state index is 12.1. The van der Waals surface area contributed by atoms with E-state index in [9.17, 15) is 14.7 Å². The van der Waals surface area contributed by atoms with Crippen molar-refractivity contribution in [1.82, 2.24) is 4.90 Å². The highest BCUT2D eigenvalue weighted by Crippen LogP contribution is 2.15. The average Bonchev–Trinajstić information content (AvgIpc) is 2.38. The van der Waals surface area contributed by atoms with Crippen molar-refractivity contribution in [3.05, 3.63) is 41.5 Å². The van der Waals surface area contributed by atoms with Crippen molar-refractivity contribution >= 4 is 18.0 Å². The zero-order valence-electron chi connectivity index (χ0n) is 12.4. The van der Waals surface area contributed by atoms with Crippen LogP contribution < -0.4 is 0 Å². The van der Waals surface area contributed by atoms with Gasteiger partial charge in [-0.05, 0) is 39.3 Å². The van der Waals surface area contributed by atoms with E-state index in [0.29, 0.717) is 6.54 Å². The number of carbonyl (C=O) groups is 2. The molecule has 0 fully saturated rings. The maximum Gasteiger partial charge on any atom is 0.329 e. The summed E-state index contributed by atoms with van der Waals surface area (Å²) in [4.78, 5) is 24.7. The zero-order valence-corrected chi connectivity index (χ0v) is 12.4. The van der Waals surface area contributed by atoms with Crippen molar-refractivity contribution in [3.8, 4) is 0 Å². The van der Waals surface area contributed by atoms with Crippen LogP contribution in [0.2, 0.25) is 0 Å². The Morgan fingerprint density at radius 3 is 2.25 bits per heavy atom. The molecule has 4 nitrogen and oxygen atoms in total. The molecule has 0 aromatic heterocycles. The van der Waals surface area contributed by atoms with Crippen LogP contribution in [0.25, 0.3) is 6.08 Å². The number of likely N-dealkylation sites (N-methyl/N-ethyl adjacent to an activating group) is 1. The summed E-state index contributed by atoms with van der Waals surface area (Å²) in [6, 6.07) is 7.75. The topological polar surface area (TPSA) is 57.6 Å². The Labute approximate surface area is 119 Å². The maximum absolute atomic E-state index is 12.1. The van der Waals surface area contributed by atoms with Gasteiger partial charge < -0.3 is 10.0 Å². The van der Waals surface area contributed by atoms with E-state index >= 15 is 0 Å². The number of amides is 1. The van der Waals surface area contributed by atoms with Crippen molar-refractivity contribution in [2.75, 3.05) is 6.54 Å². The first-order valence-electron chi connectivity index (χ1n) is 6.58. The summed E-state index contributed by atoms with van der Waals surface area (Å²) in [7, 11) is 0. The SMILES string of the molecule is CCN(C(=O)C=Cc1ccc(C)cc1)C(C)(C)C(=O)O. The summed E-state index contributed by atoms with van der Waals surface area (Å²) in [6.45, 7) is 7.15. The fourth-order valence-corrected chi connectivity index (χ4v) is 1.88. The number of aliphatic carboxylic acids is 1. The molecule has 20 heavy (non-hydrogen) atoms. The molecular formula is C16H21NO3. The Morgan fingerprint density at radius 2 is 1.80 bits per heavy atom. The number of rotatable bonds is 5. The highest BCUT2D eigenvalue weighted by atomic mass is 16.4. The van der Waals surface area contributed by atoms with Crippen LogP contribution in [0.15, 0.2) is 30.3 Å². The number of carboxylic acids is 1. The molecule has 0 atom stereocenters. The van der Waals surface area contributed by atoms with Gasteiger partial charge in [0.1, 0.15) is 5.54 Å². The summed E-state index contributed by atoms with van der Waals surface area (Å²) >= 11 is 0. The minimum Gasteiger partial charge on any atom is -0.480 e. The summed E-state index contributed by atoms with van der Waals surface area (Å²) in [5.74, 6) is -1.32. The molecule has 0 spiro atoms. The number of carbonyl (C=O) groups excluding carboxylic acids is 1. The molecule has 1 rings (SSSR count). The molecule has 4 heteroatoms. The van der Waals surface area contributed by atoms with Gasteiger partial charge in [0.15, 0.2) is 0 Å². The Morgan fingerprint density at radius 1 is 1.25 bits per heavy atom. The number of carboxylic acid groups (broad SMARTS) is 1. The van der Waals surface area contributed by atoms with E-state index in [1.165, 1.54) is 24.8 Å². The lowest BCUT2D eigenvalue weighted by Crippen LogP contribution is -2.52. The van der Waals surface area contributed by atoms with Crippen molar-refractivity contribution in [2.45, 2.75) is 33.2 Å². The monoisotopic (exact) mass is 275 g/mol. The second-order valence-electron chi connectivity index (χ2n) is 5.19. The minimum absolute atomic E-state index is 0.305. The molecule has 0 unspecified atom stereocenters. The third kappa shape index (κ3) is 3.70. The molecule has 0 aliphatic rings. The second-order valence-corrected chi connectivity index (χ2v) is 5.19. The lowest BCUT2D eigenvalue weighted by molar-refractivity contribution is -0.154. The van der Waals surface area contributed by atoms with Crippen molar-refractivity contribution in [2.24, 2.45) is 0 Å². The molecule has 0 aliphatic heterocycles. The zero-order chi connectivity index (χ0) is 15.3.